The van der Waals surface area contributed by atoms with E-state index in [1.54, 1.807) is 18.2 Å². The normalized spacial score (nSPS) is 11.0. The Hall–Kier alpha value is -2.75. The van der Waals surface area contributed by atoms with Crippen molar-refractivity contribution < 1.29 is 19.0 Å². The Morgan fingerprint density at radius 1 is 0.758 bits per heavy atom. The highest BCUT2D eigenvalue weighted by Gasteiger charge is 2.10. The zero-order valence-electron chi connectivity index (χ0n) is 20.8. The van der Waals surface area contributed by atoms with Crippen molar-refractivity contribution in [2.24, 2.45) is 0 Å². The molecule has 0 bridgehead atoms. The predicted octanol–water partition coefficient (Wildman–Crippen LogP) is 7.68. The Morgan fingerprint density at radius 2 is 1.33 bits per heavy atom. The quantitative estimate of drug-likeness (QED) is 0.149. The maximum Gasteiger partial charge on any atom is 0.186 e. The fourth-order valence-electron chi connectivity index (χ4n) is 3.22. The van der Waals surface area contributed by atoms with E-state index in [-0.39, 0.29) is 5.78 Å². The Bertz CT molecular complexity index is 857. The molecule has 0 radical (unpaired) electrons. The van der Waals surface area contributed by atoms with E-state index in [1.165, 1.54) is 5.56 Å². The average Bonchev–Trinajstić information content (AvgIpc) is 2.83. The first-order valence-electron chi connectivity index (χ1n) is 12.5. The van der Waals surface area contributed by atoms with Crippen LogP contribution in [0, 0.1) is 0 Å². The zero-order chi connectivity index (χ0) is 23.9. The van der Waals surface area contributed by atoms with Gasteiger partial charge < -0.3 is 14.2 Å². The van der Waals surface area contributed by atoms with Crippen LogP contribution in [0.5, 0.6) is 17.2 Å². The number of ether oxygens (including phenoxy) is 3. The number of rotatable bonds is 16. The molecule has 4 heteroatoms. The topological polar surface area (TPSA) is 44.8 Å². The maximum absolute atomic E-state index is 13.1. The molecule has 0 atom stereocenters. The van der Waals surface area contributed by atoms with Gasteiger partial charge in [-0.15, -0.1) is 0 Å². The summed E-state index contributed by atoms with van der Waals surface area (Å²) in [5.74, 6) is 2.07. The third-order valence-corrected chi connectivity index (χ3v) is 5.35. The van der Waals surface area contributed by atoms with E-state index >= 15 is 0 Å². The number of hydrogen-bond acceptors (Lipinski definition) is 4. The van der Waals surface area contributed by atoms with Gasteiger partial charge in [0, 0.05) is 17.2 Å². The predicted molar refractivity (Wildman–Crippen MR) is 137 cm³/mol. The van der Waals surface area contributed by atoms with Crippen LogP contribution in [0.2, 0.25) is 0 Å². The Labute approximate surface area is 200 Å². The fraction of sp³-hybridized carbons (Fsp3) is 0.483. The van der Waals surface area contributed by atoms with Crippen molar-refractivity contribution in [2.75, 3.05) is 19.8 Å². The molecule has 0 aromatic heterocycles. The summed E-state index contributed by atoms with van der Waals surface area (Å²) >= 11 is 0. The van der Waals surface area contributed by atoms with E-state index in [1.807, 2.05) is 18.2 Å². The number of hydrogen-bond donors (Lipinski definition) is 0. The summed E-state index contributed by atoms with van der Waals surface area (Å²) in [5, 5.41) is 0. The van der Waals surface area contributed by atoms with Crippen molar-refractivity contribution in [3.63, 3.8) is 0 Å². The van der Waals surface area contributed by atoms with Crippen LogP contribution >= 0.6 is 0 Å². The molecule has 2 aromatic rings. The van der Waals surface area contributed by atoms with E-state index in [9.17, 15) is 4.79 Å². The van der Waals surface area contributed by atoms with E-state index in [0.29, 0.717) is 36.9 Å². The van der Waals surface area contributed by atoms with Gasteiger partial charge in [-0.25, -0.2) is 0 Å². The molecule has 2 aromatic carbocycles. The number of carbonyl (C=O) groups is 1. The monoisotopic (exact) mass is 452 g/mol. The molecular formula is C29H40O4. The molecule has 0 amide bonds. The molecule has 2 rings (SSSR count). The standard InChI is InChI=1S/C29H40O4/c1-5-9-16-31-26-20-25(21-27(22-26)32-17-10-6-2)28(30)14-13-24-19-23(8-4)12-15-29(24)33-18-11-7-3/h12-15,19-22H,5-11,16-18H2,1-4H3/b14-13+. The van der Waals surface area contributed by atoms with Crippen LogP contribution in [0.3, 0.4) is 0 Å². The molecule has 180 valence electrons. The van der Waals surface area contributed by atoms with Crippen molar-refractivity contribution in [3.8, 4) is 17.2 Å². The Kier molecular flexibility index (Phi) is 12.2. The molecule has 0 unspecified atom stereocenters. The lowest BCUT2D eigenvalue weighted by atomic mass is 10.0. The molecular weight excluding hydrogens is 412 g/mol. The molecule has 0 saturated heterocycles. The molecule has 0 aliphatic rings. The molecule has 0 aliphatic heterocycles. The summed E-state index contributed by atoms with van der Waals surface area (Å²) in [6, 6.07) is 11.6. The maximum atomic E-state index is 13.1. The van der Waals surface area contributed by atoms with Crippen LogP contribution < -0.4 is 14.2 Å². The second kappa shape index (κ2) is 15.2. The zero-order valence-corrected chi connectivity index (χ0v) is 20.8. The van der Waals surface area contributed by atoms with Gasteiger partial charge in [0.2, 0.25) is 0 Å². The van der Waals surface area contributed by atoms with Crippen molar-refractivity contribution in [2.45, 2.75) is 72.6 Å². The summed E-state index contributed by atoms with van der Waals surface area (Å²) in [5.41, 5.74) is 2.70. The number of allylic oxidation sites excluding steroid dienone is 1. The van der Waals surface area contributed by atoms with Crippen molar-refractivity contribution in [1.82, 2.24) is 0 Å². The van der Waals surface area contributed by atoms with Gasteiger partial charge in [-0.2, -0.15) is 0 Å². The Morgan fingerprint density at radius 3 is 1.88 bits per heavy atom. The molecule has 0 aliphatic carbocycles. The number of carbonyl (C=O) groups excluding carboxylic acids is 1. The number of aryl methyl sites for hydroxylation is 1. The molecule has 0 spiro atoms. The van der Waals surface area contributed by atoms with Gasteiger partial charge >= 0.3 is 0 Å². The first-order valence-corrected chi connectivity index (χ1v) is 12.5. The third kappa shape index (κ3) is 9.33. The van der Waals surface area contributed by atoms with Gasteiger partial charge in [0.05, 0.1) is 19.8 Å². The van der Waals surface area contributed by atoms with Gasteiger partial charge in [0.15, 0.2) is 5.78 Å². The lowest BCUT2D eigenvalue weighted by molar-refractivity contribution is 0.104. The molecule has 4 nitrogen and oxygen atoms in total. The third-order valence-electron chi connectivity index (χ3n) is 5.35. The van der Waals surface area contributed by atoms with Gasteiger partial charge in [-0.3, -0.25) is 4.79 Å². The fourth-order valence-corrected chi connectivity index (χ4v) is 3.22. The number of unbranched alkanes of at least 4 members (excludes halogenated alkanes) is 3. The minimum absolute atomic E-state index is 0.0855. The van der Waals surface area contributed by atoms with E-state index in [4.69, 9.17) is 14.2 Å². The highest BCUT2D eigenvalue weighted by Crippen LogP contribution is 2.26. The van der Waals surface area contributed by atoms with E-state index in [2.05, 4.69) is 39.8 Å². The van der Waals surface area contributed by atoms with Gasteiger partial charge in [0.25, 0.3) is 0 Å². The summed E-state index contributed by atoms with van der Waals surface area (Å²) < 4.78 is 17.7. The minimum atomic E-state index is -0.0855. The van der Waals surface area contributed by atoms with Crippen LogP contribution in [0.4, 0.5) is 0 Å². The van der Waals surface area contributed by atoms with Crippen molar-refractivity contribution in [1.29, 1.82) is 0 Å². The van der Waals surface area contributed by atoms with E-state index < -0.39 is 0 Å². The van der Waals surface area contributed by atoms with Gasteiger partial charge in [-0.1, -0.05) is 53.0 Å². The lowest BCUT2D eigenvalue weighted by Gasteiger charge is -2.12. The Balaban J connectivity index is 2.24. The highest BCUT2D eigenvalue weighted by molar-refractivity contribution is 6.07. The van der Waals surface area contributed by atoms with Crippen LogP contribution in [-0.4, -0.2) is 25.6 Å². The van der Waals surface area contributed by atoms with Crippen molar-refractivity contribution in [3.05, 3.63) is 59.2 Å². The second-order valence-electron chi connectivity index (χ2n) is 8.22. The first-order chi connectivity index (χ1) is 16.1. The lowest BCUT2D eigenvalue weighted by Crippen LogP contribution is -2.03. The van der Waals surface area contributed by atoms with Gasteiger partial charge in [0.1, 0.15) is 17.2 Å². The highest BCUT2D eigenvalue weighted by atomic mass is 16.5. The van der Waals surface area contributed by atoms with Gasteiger partial charge in [-0.05, 0) is 67.7 Å². The molecule has 0 saturated carbocycles. The first kappa shape index (κ1) is 26.5. The molecule has 0 N–H and O–H groups in total. The molecule has 0 fully saturated rings. The summed E-state index contributed by atoms with van der Waals surface area (Å²) in [6.07, 6.45) is 10.5. The summed E-state index contributed by atoms with van der Waals surface area (Å²) in [6.45, 7) is 10.4. The van der Waals surface area contributed by atoms with Crippen LogP contribution in [0.25, 0.3) is 6.08 Å². The van der Waals surface area contributed by atoms with Crippen LogP contribution in [0.1, 0.15) is 87.7 Å². The van der Waals surface area contributed by atoms with E-state index in [0.717, 1.165) is 56.3 Å². The largest absolute Gasteiger partial charge is 0.493 e. The minimum Gasteiger partial charge on any atom is -0.493 e. The SMILES string of the molecule is CCCCOc1cc(OCCCC)cc(C(=O)/C=C/c2cc(CC)ccc2OCCCC)c1. The smallest absolute Gasteiger partial charge is 0.186 e. The van der Waals surface area contributed by atoms with Crippen molar-refractivity contribution >= 4 is 11.9 Å². The molecule has 33 heavy (non-hydrogen) atoms. The number of benzene rings is 2. The second-order valence-corrected chi connectivity index (χ2v) is 8.22. The average molecular weight is 453 g/mol. The summed E-state index contributed by atoms with van der Waals surface area (Å²) in [7, 11) is 0. The van der Waals surface area contributed by atoms with Crippen LogP contribution in [-0.2, 0) is 6.42 Å². The molecule has 0 heterocycles. The summed E-state index contributed by atoms with van der Waals surface area (Å²) in [4.78, 5) is 13.1. The number of ketones is 1. The van der Waals surface area contributed by atoms with Crippen LogP contribution in [0.15, 0.2) is 42.5 Å².